The van der Waals surface area contributed by atoms with Crippen LogP contribution in [0.5, 0.6) is 0 Å². The quantitative estimate of drug-likeness (QED) is 0.489. The summed E-state index contributed by atoms with van der Waals surface area (Å²) in [7, 11) is 0. The Balaban J connectivity index is 2.65. The van der Waals surface area contributed by atoms with E-state index in [1.54, 1.807) is 12.1 Å². The summed E-state index contributed by atoms with van der Waals surface area (Å²) in [5.41, 5.74) is 1.70. The van der Waals surface area contributed by atoms with Crippen LogP contribution in [-0.2, 0) is 16.1 Å². The van der Waals surface area contributed by atoms with Crippen LogP contribution in [0.25, 0.3) is 0 Å². The molecule has 0 saturated heterocycles. The Morgan fingerprint density at radius 2 is 1.88 bits per heavy atom. The van der Waals surface area contributed by atoms with Crippen LogP contribution in [0, 0.1) is 5.92 Å². The smallest absolute Gasteiger partial charge is 0.323 e. The van der Waals surface area contributed by atoms with E-state index in [-0.39, 0.29) is 18.1 Å². The third-order valence-electron chi connectivity index (χ3n) is 4.01. The molecule has 0 aliphatic rings. The predicted molar refractivity (Wildman–Crippen MR) is 97.0 cm³/mol. The number of nitrogens with one attached hydrogen (secondary N) is 1. The number of esters is 1. The molecule has 4 heteroatoms. The van der Waals surface area contributed by atoms with Gasteiger partial charge in [0.25, 0.3) is 0 Å². The Morgan fingerprint density at radius 1 is 1.21 bits per heavy atom. The van der Waals surface area contributed by atoms with Crippen molar-refractivity contribution in [2.24, 2.45) is 5.92 Å². The lowest BCUT2D eigenvalue weighted by Crippen LogP contribution is -2.40. The number of carbonyl (C=O) groups is 2. The van der Waals surface area contributed by atoms with Crippen molar-refractivity contribution >= 4 is 12.3 Å². The highest BCUT2D eigenvalue weighted by Gasteiger charge is 2.23. The summed E-state index contributed by atoms with van der Waals surface area (Å²) < 4.78 is 5.68. The number of rotatable bonds is 11. The molecule has 0 fully saturated rings. The van der Waals surface area contributed by atoms with Crippen LogP contribution in [0.15, 0.2) is 24.3 Å². The van der Waals surface area contributed by atoms with E-state index in [9.17, 15) is 9.59 Å². The first kappa shape index (κ1) is 20.4. The summed E-state index contributed by atoms with van der Waals surface area (Å²) in [6.45, 7) is 8.93. The molecule has 2 atom stereocenters. The molecule has 1 aromatic rings. The van der Waals surface area contributed by atoms with Crippen molar-refractivity contribution < 1.29 is 14.3 Å². The van der Waals surface area contributed by atoms with Gasteiger partial charge in [-0.3, -0.25) is 9.59 Å². The van der Waals surface area contributed by atoms with Crippen LogP contribution in [-0.4, -0.2) is 24.4 Å². The number of benzene rings is 1. The standard InChI is InChI=1S/C20H31NO3/c1-5-7-18(6-2)24-20(23)19(12-15(3)4)21-13-16-8-10-17(14-22)11-9-16/h8-11,14-15,18-19,21H,5-7,12-13H2,1-4H3. The van der Waals surface area contributed by atoms with E-state index in [0.717, 1.165) is 37.5 Å². The Hall–Kier alpha value is -1.68. The average Bonchev–Trinajstić information content (AvgIpc) is 2.58. The Morgan fingerprint density at radius 3 is 2.38 bits per heavy atom. The molecule has 0 aliphatic carbocycles. The molecule has 134 valence electrons. The maximum Gasteiger partial charge on any atom is 0.323 e. The third-order valence-corrected chi connectivity index (χ3v) is 4.01. The lowest BCUT2D eigenvalue weighted by atomic mass is 10.0. The van der Waals surface area contributed by atoms with Gasteiger partial charge in [0.1, 0.15) is 18.4 Å². The second-order valence-corrected chi connectivity index (χ2v) is 6.68. The average molecular weight is 333 g/mol. The Labute approximate surface area is 146 Å². The molecule has 0 radical (unpaired) electrons. The number of hydrogen-bond acceptors (Lipinski definition) is 4. The van der Waals surface area contributed by atoms with Gasteiger partial charge in [0, 0.05) is 12.1 Å². The van der Waals surface area contributed by atoms with Crippen molar-refractivity contribution in [3.05, 3.63) is 35.4 Å². The minimum atomic E-state index is -0.304. The molecule has 0 spiro atoms. The summed E-state index contributed by atoms with van der Waals surface area (Å²) in [6.07, 6.45) is 4.34. The number of carbonyl (C=O) groups excluding carboxylic acids is 2. The van der Waals surface area contributed by atoms with Crippen LogP contribution < -0.4 is 5.32 Å². The molecule has 0 aliphatic heterocycles. The highest BCUT2D eigenvalue weighted by Crippen LogP contribution is 2.13. The van der Waals surface area contributed by atoms with Gasteiger partial charge < -0.3 is 10.1 Å². The Bertz CT molecular complexity index is 496. The summed E-state index contributed by atoms with van der Waals surface area (Å²) in [5.74, 6) is 0.243. The van der Waals surface area contributed by atoms with Crippen molar-refractivity contribution in [1.82, 2.24) is 5.32 Å². The summed E-state index contributed by atoms with van der Waals surface area (Å²) >= 11 is 0. The highest BCUT2D eigenvalue weighted by atomic mass is 16.5. The molecule has 0 heterocycles. The SMILES string of the molecule is CCCC(CC)OC(=O)C(CC(C)C)NCc1ccc(C=O)cc1. The molecular weight excluding hydrogens is 302 g/mol. The Kier molecular flexibility index (Phi) is 9.31. The first-order chi connectivity index (χ1) is 11.5. The highest BCUT2D eigenvalue weighted by molar-refractivity contribution is 5.76. The monoisotopic (exact) mass is 333 g/mol. The predicted octanol–water partition coefficient (Wildman–Crippen LogP) is 4.13. The minimum Gasteiger partial charge on any atom is -0.461 e. The van der Waals surface area contributed by atoms with Crippen LogP contribution in [0.3, 0.4) is 0 Å². The van der Waals surface area contributed by atoms with E-state index in [0.29, 0.717) is 18.0 Å². The first-order valence-electron chi connectivity index (χ1n) is 8.98. The van der Waals surface area contributed by atoms with E-state index in [1.807, 2.05) is 19.1 Å². The van der Waals surface area contributed by atoms with Gasteiger partial charge in [0.2, 0.25) is 0 Å². The zero-order valence-electron chi connectivity index (χ0n) is 15.4. The molecule has 0 bridgehead atoms. The van der Waals surface area contributed by atoms with E-state index in [4.69, 9.17) is 4.74 Å². The molecule has 4 nitrogen and oxygen atoms in total. The van der Waals surface area contributed by atoms with Crippen molar-refractivity contribution in [2.75, 3.05) is 0 Å². The molecule has 1 rings (SSSR count). The lowest BCUT2D eigenvalue weighted by Gasteiger charge is -2.23. The van der Waals surface area contributed by atoms with Crippen LogP contribution >= 0.6 is 0 Å². The third kappa shape index (κ3) is 7.26. The van der Waals surface area contributed by atoms with Crippen molar-refractivity contribution in [2.45, 2.75) is 72.1 Å². The van der Waals surface area contributed by atoms with Gasteiger partial charge in [0.05, 0.1) is 0 Å². The maximum atomic E-state index is 12.5. The van der Waals surface area contributed by atoms with E-state index >= 15 is 0 Å². The second-order valence-electron chi connectivity index (χ2n) is 6.68. The van der Waals surface area contributed by atoms with E-state index in [1.165, 1.54) is 0 Å². The largest absolute Gasteiger partial charge is 0.461 e. The lowest BCUT2D eigenvalue weighted by molar-refractivity contribution is -0.152. The van der Waals surface area contributed by atoms with Gasteiger partial charge in [-0.05, 0) is 30.7 Å². The normalized spacial score (nSPS) is 13.5. The summed E-state index contributed by atoms with van der Waals surface area (Å²) in [4.78, 5) is 23.2. The van der Waals surface area contributed by atoms with Crippen molar-refractivity contribution in [1.29, 1.82) is 0 Å². The fourth-order valence-electron chi connectivity index (χ4n) is 2.60. The number of hydrogen-bond donors (Lipinski definition) is 1. The number of ether oxygens (including phenoxy) is 1. The van der Waals surface area contributed by atoms with Gasteiger partial charge in [-0.25, -0.2) is 0 Å². The maximum absolute atomic E-state index is 12.5. The molecule has 0 aromatic heterocycles. The van der Waals surface area contributed by atoms with Crippen LogP contribution in [0.2, 0.25) is 0 Å². The molecular formula is C20H31NO3. The van der Waals surface area contributed by atoms with Gasteiger partial charge in [-0.1, -0.05) is 58.4 Å². The second kappa shape index (κ2) is 11.0. The van der Waals surface area contributed by atoms with Gasteiger partial charge in [0.15, 0.2) is 0 Å². The van der Waals surface area contributed by atoms with Crippen molar-refractivity contribution in [3.8, 4) is 0 Å². The minimum absolute atomic E-state index is 0.00540. The fourth-order valence-corrected chi connectivity index (χ4v) is 2.60. The van der Waals surface area contributed by atoms with Crippen LogP contribution in [0.1, 0.15) is 69.3 Å². The summed E-state index contributed by atoms with van der Waals surface area (Å²) in [6, 6.07) is 7.07. The van der Waals surface area contributed by atoms with Crippen molar-refractivity contribution in [3.63, 3.8) is 0 Å². The number of aldehydes is 1. The first-order valence-corrected chi connectivity index (χ1v) is 8.98. The van der Waals surface area contributed by atoms with Gasteiger partial charge >= 0.3 is 5.97 Å². The molecule has 1 N–H and O–H groups in total. The molecule has 24 heavy (non-hydrogen) atoms. The molecule has 1 aromatic carbocycles. The van der Waals surface area contributed by atoms with Gasteiger partial charge in [-0.2, -0.15) is 0 Å². The molecule has 0 amide bonds. The topological polar surface area (TPSA) is 55.4 Å². The summed E-state index contributed by atoms with van der Waals surface area (Å²) in [5, 5.41) is 3.31. The zero-order chi connectivity index (χ0) is 17.9. The zero-order valence-corrected chi connectivity index (χ0v) is 15.4. The van der Waals surface area contributed by atoms with E-state index < -0.39 is 0 Å². The van der Waals surface area contributed by atoms with E-state index in [2.05, 4.69) is 26.1 Å². The van der Waals surface area contributed by atoms with Crippen LogP contribution in [0.4, 0.5) is 0 Å². The molecule has 2 unspecified atom stereocenters. The fraction of sp³-hybridized carbons (Fsp3) is 0.600. The molecule has 0 saturated carbocycles. The van der Waals surface area contributed by atoms with Gasteiger partial charge in [-0.15, -0.1) is 0 Å².